The van der Waals surface area contributed by atoms with Crippen LogP contribution in [0.4, 0.5) is 0 Å². The van der Waals surface area contributed by atoms with Crippen molar-refractivity contribution < 1.29 is 4.79 Å². The van der Waals surface area contributed by atoms with Gasteiger partial charge >= 0.3 is 0 Å². The lowest BCUT2D eigenvalue weighted by Gasteiger charge is -2.20. The molecule has 4 aromatic rings. The first-order chi connectivity index (χ1) is 14.7. The van der Waals surface area contributed by atoms with Crippen LogP contribution in [-0.4, -0.2) is 15.5 Å². The molecule has 150 valence electrons. The van der Waals surface area contributed by atoms with Crippen LogP contribution in [0.2, 0.25) is 0 Å². The lowest BCUT2D eigenvalue weighted by atomic mass is 9.88. The lowest BCUT2D eigenvalue weighted by molar-refractivity contribution is -0.121. The summed E-state index contributed by atoms with van der Waals surface area (Å²) in [6, 6.07) is 28.5. The van der Waals surface area contributed by atoms with Gasteiger partial charge in [0.25, 0.3) is 0 Å². The van der Waals surface area contributed by atoms with E-state index in [0.717, 1.165) is 22.4 Å². The van der Waals surface area contributed by atoms with E-state index in [-0.39, 0.29) is 17.9 Å². The van der Waals surface area contributed by atoms with Crippen LogP contribution >= 0.6 is 0 Å². The molecule has 0 spiro atoms. The van der Waals surface area contributed by atoms with Gasteiger partial charge in [-0.05, 0) is 35.7 Å². The molecular weight excluding hydrogens is 370 g/mol. The Bertz CT molecular complexity index is 1020. The summed E-state index contributed by atoms with van der Waals surface area (Å²) in [7, 11) is 0. The number of carbonyl (C=O) groups is 1. The molecule has 0 saturated carbocycles. The Morgan fingerprint density at radius 2 is 1.47 bits per heavy atom. The molecular formula is C26H25N3O. The van der Waals surface area contributed by atoms with Crippen molar-refractivity contribution in [2.75, 3.05) is 0 Å². The van der Waals surface area contributed by atoms with Crippen LogP contribution in [0.25, 0.3) is 5.69 Å². The summed E-state index contributed by atoms with van der Waals surface area (Å²) in [5.74, 6) is 0.0714. The normalized spacial score (nSPS) is 11.9. The summed E-state index contributed by atoms with van der Waals surface area (Å²) < 4.78 is 1.96. The van der Waals surface area contributed by atoms with Gasteiger partial charge in [0, 0.05) is 30.4 Å². The Morgan fingerprint density at radius 1 is 0.867 bits per heavy atom. The number of aromatic nitrogens is 2. The smallest absolute Gasteiger partial charge is 0.221 e. The van der Waals surface area contributed by atoms with Gasteiger partial charge in [-0.2, -0.15) is 0 Å². The highest BCUT2D eigenvalue weighted by atomic mass is 16.1. The third-order valence-corrected chi connectivity index (χ3v) is 5.37. The summed E-state index contributed by atoms with van der Waals surface area (Å²) in [6.45, 7) is 2.02. The van der Waals surface area contributed by atoms with Gasteiger partial charge in [0.1, 0.15) is 0 Å². The molecule has 1 heterocycles. The highest BCUT2D eigenvalue weighted by molar-refractivity contribution is 5.78. The van der Waals surface area contributed by atoms with E-state index in [1.165, 1.54) is 0 Å². The maximum absolute atomic E-state index is 12.9. The Kier molecular flexibility index (Phi) is 6.04. The molecule has 0 aliphatic rings. The van der Waals surface area contributed by atoms with Gasteiger partial charge in [0.05, 0.1) is 12.4 Å². The van der Waals surface area contributed by atoms with Gasteiger partial charge in [0.2, 0.25) is 5.91 Å². The minimum absolute atomic E-state index is 0.0308. The summed E-state index contributed by atoms with van der Waals surface area (Å²) in [5, 5.41) is 3.16. The minimum Gasteiger partial charge on any atom is -0.350 e. The van der Waals surface area contributed by atoms with Crippen molar-refractivity contribution in [1.29, 1.82) is 0 Å². The van der Waals surface area contributed by atoms with Crippen molar-refractivity contribution in [3.63, 3.8) is 0 Å². The van der Waals surface area contributed by atoms with Crippen LogP contribution in [0.15, 0.2) is 104 Å². The topological polar surface area (TPSA) is 46.9 Å². The Labute approximate surface area is 177 Å². The number of carbonyl (C=O) groups excluding carboxylic acids is 1. The Balaban J connectivity index is 1.45. The Hall–Kier alpha value is -3.66. The number of imidazole rings is 1. The average Bonchev–Trinajstić information content (AvgIpc) is 3.34. The number of nitrogens with zero attached hydrogens (tertiary/aromatic N) is 2. The first-order valence-corrected chi connectivity index (χ1v) is 10.2. The zero-order valence-corrected chi connectivity index (χ0v) is 17.0. The molecule has 1 N–H and O–H groups in total. The summed E-state index contributed by atoms with van der Waals surface area (Å²) in [4.78, 5) is 17.0. The third-order valence-electron chi connectivity index (χ3n) is 5.37. The van der Waals surface area contributed by atoms with E-state index < -0.39 is 0 Å². The fraction of sp³-hybridized carbons (Fsp3) is 0.154. The summed E-state index contributed by atoms with van der Waals surface area (Å²) >= 11 is 0. The van der Waals surface area contributed by atoms with Gasteiger partial charge in [-0.25, -0.2) is 4.98 Å². The standard InChI is InChI=1S/C26H25N3O/c1-20(21-12-14-24(15-13-21)29-17-16-27-19-29)28-26(30)18-25(22-8-4-2-5-9-22)23-10-6-3-7-11-23/h2-17,19-20,25H,18H2,1H3,(H,28,30)/t20-/m1/s1. The first kappa shape index (κ1) is 19.6. The number of benzene rings is 3. The molecule has 4 nitrogen and oxygen atoms in total. The highest BCUT2D eigenvalue weighted by Crippen LogP contribution is 2.28. The average molecular weight is 396 g/mol. The van der Waals surface area contributed by atoms with Gasteiger partial charge in [-0.15, -0.1) is 0 Å². The monoisotopic (exact) mass is 395 g/mol. The van der Waals surface area contributed by atoms with Crippen LogP contribution in [0.5, 0.6) is 0 Å². The zero-order chi connectivity index (χ0) is 20.8. The van der Waals surface area contributed by atoms with Gasteiger partial charge in [0.15, 0.2) is 0 Å². The molecule has 4 rings (SSSR count). The first-order valence-electron chi connectivity index (χ1n) is 10.2. The number of nitrogens with one attached hydrogen (secondary N) is 1. The molecule has 1 amide bonds. The zero-order valence-electron chi connectivity index (χ0n) is 17.0. The molecule has 1 aromatic heterocycles. The second kappa shape index (κ2) is 9.23. The van der Waals surface area contributed by atoms with Crippen molar-refractivity contribution in [3.05, 3.63) is 120 Å². The molecule has 0 aliphatic carbocycles. The predicted molar refractivity (Wildman–Crippen MR) is 119 cm³/mol. The molecule has 0 saturated heterocycles. The van der Waals surface area contributed by atoms with Crippen LogP contribution in [0.3, 0.4) is 0 Å². The fourth-order valence-electron chi connectivity index (χ4n) is 3.71. The molecule has 1 atom stereocenters. The van der Waals surface area contributed by atoms with E-state index in [0.29, 0.717) is 6.42 Å². The second-order valence-electron chi connectivity index (χ2n) is 7.43. The van der Waals surface area contributed by atoms with Crippen molar-refractivity contribution in [2.45, 2.75) is 25.3 Å². The van der Waals surface area contributed by atoms with E-state index in [1.807, 2.05) is 78.4 Å². The lowest BCUT2D eigenvalue weighted by Crippen LogP contribution is -2.28. The van der Waals surface area contributed by atoms with Crippen LogP contribution in [-0.2, 0) is 4.79 Å². The highest BCUT2D eigenvalue weighted by Gasteiger charge is 2.19. The van der Waals surface area contributed by atoms with Crippen molar-refractivity contribution in [3.8, 4) is 5.69 Å². The molecule has 3 aromatic carbocycles. The molecule has 0 fully saturated rings. The second-order valence-corrected chi connectivity index (χ2v) is 7.43. The van der Waals surface area contributed by atoms with Crippen molar-refractivity contribution >= 4 is 5.91 Å². The van der Waals surface area contributed by atoms with E-state index in [1.54, 1.807) is 12.5 Å². The quantitative estimate of drug-likeness (QED) is 0.463. The number of hydrogen-bond donors (Lipinski definition) is 1. The molecule has 30 heavy (non-hydrogen) atoms. The van der Waals surface area contributed by atoms with Crippen molar-refractivity contribution in [2.24, 2.45) is 0 Å². The van der Waals surface area contributed by atoms with E-state index in [4.69, 9.17) is 0 Å². The van der Waals surface area contributed by atoms with E-state index in [2.05, 4.69) is 34.6 Å². The molecule has 0 radical (unpaired) electrons. The van der Waals surface area contributed by atoms with Crippen molar-refractivity contribution in [1.82, 2.24) is 14.9 Å². The van der Waals surface area contributed by atoms with Gasteiger partial charge in [-0.3, -0.25) is 4.79 Å². The molecule has 0 bridgehead atoms. The third kappa shape index (κ3) is 4.66. The van der Waals surface area contributed by atoms with Crippen LogP contribution in [0, 0.1) is 0 Å². The van der Waals surface area contributed by atoms with Crippen LogP contribution in [0.1, 0.15) is 42.0 Å². The maximum atomic E-state index is 12.9. The minimum atomic E-state index is -0.0680. The number of hydrogen-bond acceptors (Lipinski definition) is 2. The summed E-state index contributed by atoms with van der Waals surface area (Å²) in [5.41, 5.74) is 4.42. The Morgan fingerprint density at radius 3 is 2.00 bits per heavy atom. The summed E-state index contributed by atoms with van der Waals surface area (Å²) in [6.07, 6.45) is 5.85. The number of amides is 1. The van der Waals surface area contributed by atoms with E-state index in [9.17, 15) is 4.79 Å². The van der Waals surface area contributed by atoms with Gasteiger partial charge < -0.3 is 9.88 Å². The molecule has 0 aliphatic heterocycles. The largest absolute Gasteiger partial charge is 0.350 e. The van der Waals surface area contributed by atoms with E-state index >= 15 is 0 Å². The SMILES string of the molecule is C[C@@H](NC(=O)CC(c1ccccc1)c1ccccc1)c1ccc(-n2ccnc2)cc1. The molecule has 0 unspecified atom stereocenters. The number of rotatable bonds is 7. The molecule has 4 heteroatoms. The maximum Gasteiger partial charge on any atom is 0.221 e. The van der Waals surface area contributed by atoms with Crippen LogP contribution < -0.4 is 5.32 Å². The van der Waals surface area contributed by atoms with Gasteiger partial charge in [-0.1, -0.05) is 72.8 Å². The predicted octanol–water partition coefficient (Wildman–Crippen LogP) is 5.27. The fourth-order valence-corrected chi connectivity index (χ4v) is 3.71.